The predicted molar refractivity (Wildman–Crippen MR) is 50.5 cm³/mol. The van der Waals surface area contributed by atoms with E-state index in [1.807, 2.05) is 31.2 Å². The van der Waals surface area contributed by atoms with Crippen LogP contribution in [0, 0.1) is 13.3 Å². The number of benzene rings is 1. The summed E-state index contributed by atoms with van der Waals surface area (Å²) < 4.78 is 4.98. The van der Waals surface area contributed by atoms with Crippen molar-refractivity contribution in [3.8, 4) is 11.3 Å². The van der Waals surface area contributed by atoms with Crippen LogP contribution in [0.15, 0.2) is 28.7 Å². The molecule has 1 aromatic carbocycles. The van der Waals surface area contributed by atoms with Crippen molar-refractivity contribution in [2.24, 2.45) is 0 Å². The van der Waals surface area contributed by atoms with Gasteiger partial charge in [0.05, 0.1) is 0 Å². The molecule has 0 spiro atoms. The van der Waals surface area contributed by atoms with E-state index in [1.54, 1.807) is 0 Å². The van der Waals surface area contributed by atoms with E-state index in [0.29, 0.717) is 5.02 Å². The van der Waals surface area contributed by atoms with Crippen molar-refractivity contribution in [3.63, 3.8) is 0 Å². The second-order valence-electron chi connectivity index (χ2n) is 2.72. The van der Waals surface area contributed by atoms with Crippen LogP contribution < -0.4 is 0 Å². The van der Waals surface area contributed by atoms with E-state index in [-0.39, 0.29) is 0 Å². The monoisotopic (exact) mass is 192 g/mol. The van der Waals surface area contributed by atoms with Gasteiger partial charge in [0, 0.05) is 10.6 Å². The average molecular weight is 193 g/mol. The van der Waals surface area contributed by atoms with E-state index in [2.05, 4.69) is 11.4 Å². The van der Waals surface area contributed by atoms with E-state index >= 15 is 0 Å². The summed E-state index contributed by atoms with van der Waals surface area (Å²) in [6.45, 7) is 1.85. The fraction of sp³-hybridized carbons (Fsp3) is 0.100. The summed E-state index contributed by atoms with van der Waals surface area (Å²) in [6.07, 6.45) is 2.45. The Balaban J connectivity index is 2.53. The zero-order valence-electron chi connectivity index (χ0n) is 7.04. The third kappa shape index (κ3) is 1.58. The summed E-state index contributed by atoms with van der Waals surface area (Å²) in [4.78, 5) is 3.98. The zero-order chi connectivity index (χ0) is 9.26. The molecule has 0 unspecified atom stereocenters. The van der Waals surface area contributed by atoms with Gasteiger partial charge >= 0.3 is 0 Å². The molecule has 13 heavy (non-hydrogen) atoms. The zero-order valence-corrected chi connectivity index (χ0v) is 7.80. The molecule has 1 radical (unpaired) electrons. The lowest BCUT2D eigenvalue weighted by Gasteiger charge is -1.97. The van der Waals surface area contributed by atoms with Gasteiger partial charge in [-0.05, 0) is 19.1 Å². The first-order valence-electron chi connectivity index (χ1n) is 3.87. The Kier molecular flexibility index (Phi) is 2.07. The number of halogens is 1. The maximum atomic E-state index is 5.85. The molecule has 0 aliphatic heterocycles. The van der Waals surface area contributed by atoms with Gasteiger partial charge in [-0.25, -0.2) is 4.98 Å². The normalized spacial score (nSPS) is 10.3. The topological polar surface area (TPSA) is 26.0 Å². The molecule has 1 aromatic heterocycles. The van der Waals surface area contributed by atoms with Crippen molar-refractivity contribution >= 4 is 11.6 Å². The summed E-state index contributed by atoms with van der Waals surface area (Å²) in [5.74, 6) is 0.752. The number of oxazole rings is 1. The molecule has 1 heterocycles. The van der Waals surface area contributed by atoms with E-state index < -0.39 is 0 Å². The first kappa shape index (κ1) is 8.32. The van der Waals surface area contributed by atoms with Crippen LogP contribution in [-0.2, 0) is 0 Å². The summed E-state index contributed by atoms with van der Waals surface area (Å²) in [6, 6.07) is 7.49. The molecule has 0 fully saturated rings. The standard InChI is InChI=1S/C10H7ClNO/c1-7-10(12-6-13-7)8-3-2-4-9(11)5-8/h2-5H,1H3. The SMILES string of the molecule is Cc1o[c]nc1-c1cccc(Cl)c1. The fourth-order valence-corrected chi connectivity index (χ4v) is 1.36. The molecule has 0 aliphatic rings. The first-order valence-corrected chi connectivity index (χ1v) is 4.24. The van der Waals surface area contributed by atoms with Crippen molar-refractivity contribution in [2.45, 2.75) is 6.92 Å². The quantitative estimate of drug-likeness (QED) is 0.694. The highest BCUT2D eigenvalue weighted by atomic mass is 35.5. The number of hydrogen-bond acceptors (Lipinski definition) is 2. The van der Waals surface area contributed by atoms with E-state index in [9.17, 15) is 0 Å². The fourth-order valence-electron chi connectivity index (χ4n) is 1.17. The predicted octanol–water partition coefficient (Wildman–Crippen LogP) is 3.10. The van der Waals surface area contributed by atoms with Crippen molar-refractivity contribution in [1.82, 2.24) is 4.98 Å². The largest absolute Gasteiger partial charge is 0.437 e. The van der Waals surface area contributed by atoms with E-state index in [4.69, 9.17) is 16.0 Å². The van der Waals surface area contributed by atoms with Gasteiger partial charge in [0.1, 0.15) is 11.5 Å². The van der Waals surface area contributed by atoms with E-state index in [0.717, 1.165) is 17.0 Å². The van der Waals surface area contributed by atoms with Crippen LogP contribution in [0.1, 0.15) is 5.76 Å². The average Bonchev–Trinajstić information content (AvgIpc) is 2.51. The highest BCUT2D eigenvalue weighted by Crippen LogP contribution is 2.23. The molecule has 2 rings (SSSR count). The molecular formula is C10H7ClNO. The Hall–Kier alpha value is -1.28. The highest BCUT2D eigenvalue weighted by Gasteiger charge is 2.06. The van der Waals surface area contributed by atoms with Gasteiger partial charge < -0.3 is 4.42 Å². The summed E-state index contributed by atoms with van der Waals surface area (Å²) in [5, 5.41) is 0.694. The minimum atomic E-state index is 0.694. The Morgan fingerprint density at radius 1 is 1.46 bits per heavy atom. The summed E-state index contributed by atoms with van der Waals surface area (Å²) in [5.41, 5.74) is 1.75. The van der Waals surface area contributed by atoms with Gasteiger partial charge in [0.25, 0.3) is 6.39 Å². The molecule has 0 bridgehead atoms. The number of aryl methyl sites for hydroxylation is 1. The van der Waals surface area contributed by atoms with Gasteiger partial charge in [-0.15, -0.1) is 0 Å². The summed E-state index contributed by atoms with van der Waals surface area (Å²) >= 11 is 5.85. The van der Waals surface area contributed by atoms with Crippen molar-refractivity contribution < 1.29 is 4.42 Å². The van der Waals surface area contributed by atoms with Crippen LogP contribution in [0.3, 0.4) is 0 Å². The molecule has 2 aromatic rings. The second-order valence-corrected chi connectivity index (χ2v) is 3.16. The Bertz CT molecular complexity index is 422. The third-order valence-electron chi connectivity index (χ3n) is 1.79. The van der Waals surface area contributed by atoms with Crippen LogP contribution in [0.5, 0.6) is 0 Å². The van der Waals surface area contributed by atoms with E-state index in [1.165, 1.54) is 0 Å². The second kappa shape index (κ2) is 3.23. The van der Waals surface area contributed by atoms with Crippen LogP contribution in [-0.4, -0.2) is 4.98 Å². The molecular weight excluding hydrogens is 186 g/mol. The van der Waals surface area contributed by atoms with Gasteiger partial charge in [0.15, 0.2) is 0 Å². The molecule has 0 aliphatic carbocycles. The molecule has 0 atom stereocenters. The first-order chi connectivity index (χ1) is 6.27. The van der Waals surface area contributed by atoms with Crippen molar-refractivity contribution in [1.29, 1.82) is 0 Å². The van der Waals surface area contributed by atoms with Crippen LogP contribution >= 0.6 is 11.6 Å². The number of hydrogen-bond donors (Lipinski definition) is 0. The third-order valence-corrected chi connectivity index (χ3v) is 2.02. The molecule has 65 valence electrons. The molecule has 0 saturated carbocycles. The van der Waals surface area contributed by atoms with Crippen molar-refractivity contribution in [2.75, 3.05) is 0 Å². The number of aromatic nitrogens is 1. The minimum Gasteiger partial charge on any atom is -0.437 e. The maximum Gasteiger partial charge on any atom is 0.284 e. The van der Waals surface area contributed by atoms with Gasteiger partial charge in [-0.2, -0.15) is 0 Å². The van der Waals surface area contributed by atoms with Crippen LogP contribution in [0.25, 0.3) is 11.3 Å². The lowest BCUT2D eigenvalue weighted by atomic mass is 10.1. The van der Waals surface area contributed by atoms with Gasteiger partial charge in [-0.3, -0.25) is 0 Å². The molecule has 3 heteroatoms. The minimum absolute atomic E-state index is 0.694. The maximum absolute atomic E-state index is 5.85. The smallest absolute Gasteiger partial charge is 0.284 e. The highest BCUT2D eigenvalue weighted by molar-refractivity contribution is 6.30. The van der Waals surface area contributed by atoms with Gasteiger partial charge in [-0.1, -0.05) is 23.7 Å². The van der Waals surface area contributed by atoms with Crippen molar-refractivity contribution in [3.05, 3.63) is 41.4 Å². The Labute approximate surface area is 81.2 Å². The van der Waals surface area contributed by atoms with Crippen LogP contribution in [0.2, 0.25) is 5.02 Å². The molecule has 2 nitrogen and oxygen atoms in total. The Morgan fingerprint density at radius 2 is 2.31 bits per heavy atom. The van der Waals surface area contributed by atoms with Gasteiger partial charge in [0.2, 0.25) is 0 Å². The van der Waals surface area contributed by atoms with Crippen LogP contribution in [0.4, 0.5) is 0 Å². The molecule has 0 amide bonds. The number of rotatable bonds is 1. The number of nitrogens with zero attached hydrogens (tertiary/aromatic N) is 1. The molecule has 0 N–H and O–H groups in total. The summed E-state index contributed by atoms with van der Waals surface area (Å²) in [7, 11) is 0. The lowest BCUT2D eigenvalue weighted by Crippen LogP contribution is -1.79. The Morgan fingerprint density at radius 3 is 2.92 bits per heavy atom. The molecule has 0 saturated heterocycles. The lowest BCUT2D eigenvalue weighted by molar-refractivity contribution is 0.518.